The van der Waals surface area contributed by atoms with Gasteiger partial charge in [0.25, 0.3) is 0 Å². The number of nitrogens with one attached hydrogen (secondary N) is 2. The third kappa shape index (κ3) is 7.08. The number of allylic oxidation sites excluding steroid dienone is 2. The van der Waals surface area contributed by atoms with E-state index in [4.69, 9.17) is 0 Å². The smallest absolute Gasteiger partial charge is 0.418 e. The summed E-state index contributed by atoms with van der Waals surface area (Å²) >= 11 is 1.15. The highest BCUT2D eigenvalue weighted by Crippen LogP contribution is 2.39. The number of carboxylic acid groups (broad SMARTS) is 1. The van der Waals surface area contributed by atoms with Crippen molar-refractivity contribution < 1.29 is 32.7 Å². The van der Waals surface area contributed by atoms with Crippen molar-refractivity contribution in [2.75, 3.05) is 10.6 Å². The summed E-state index contributed by atoms with van der Waals surface area (Å²) in [6.45, 7) is 0. The summed E-state index contributed by atoms with van der Waals surface area (Å²) in [6.07, 6.45) is -0.444. The predicted molar refractivity (Wildman–Crippen MR) is 143 cm³/mol. The number of hydrogen-bond acceptors (Lipinski definition) is 4. The van der Waals surface area contributed by atoms with Crippen LogP contribution in [0.1, 0.15) is 29.2 Å². The van der Waals surface area contributed by atoms with Crippen LogP contribution in [0.5, 0.6) is 0 Å². The number of carbonyl (C=O) groups is 3. The third-order valence-electron chi connectivity index (χ3n) is 6.29. The van der Waals surface area contributed by atoms with Gasteiger partial charge < -0.3 is 15.7 Å². The monoisotopic (exact) mass is 554 g/mol. The molecule has 1 aliphatic carbocycles. The van der Waals surface area contributed by atoms with E-state index < -0.39 is 46.6 Å². The molecule has 3 aromatic carbocycles. The molecule has 3 aromatic rings. The first-order valence-electron chi connectivity index (χ1n) is 12.1. The van der Waals surface area contributed by atoms with Crippen molar-refractivity contribution >= 4 is 40.9 Å². The van der Waals surface area contributed by atoms with Crippen molar-refractivity contribution in [3.63, 3.8) is 0 Å². The lowest BCUT2D eigenvalue weighted by atomic mass is 9.82. The maximum Gasteiger partial charge on any atom is 0.418 e. The summed E-state index contributed by atoms with van der Waals surface area (Å²) in [7, 11) is 0. The van der Waals surface area contributed by atoms with E-state index in [-0.39, 0.29) is 5.69 Å². The number of para-hydroxylation sites is 1. The summed E-state index contributed by atoms with van der Waals surface area (Å²) in [5.41, 5.74) is -0.199. The van der Waals surface area contributed by atoms with Crippen LogP contribution in [0.4, 0.5) is 24.5 Å². The van der Waals surface area contributed by atoms with Crippen LogP contribution < -0.4 is 10.6 Å². The number of anilines is 2. The standard InChI is InChI=1S/C29H25F3N2O4S/c30-29(31,32)23-12-6-7-13-24(23)34-27(36)25(18-8-2-1-3-9-18)39-20-16-14-19(15-17-20)33-26(35)21-10-4-5-11-22(21)28(37)38/h1-9,12-17,21-22,25H,10-11H2,(H,33,35)(H,34,36)(H,37,38)/t21-,22-,25-/m1/s1. The lowest BCUT2D eigenvalue weighted by Crippen LogP contribution is -2.34. The fourth-order valence-electron chi connectivity index (χ4n) is 4.30. The van der Waals surface area contributed by atoms with Crippen molar-refractivity contribution in [2.45, 2.75) is 29.2 Å². The van der Waals surface area contributed by atoms with Crippen molar-refractivity contribution in [3.05, 3.63) is 102 Å². The molecular formula is C29H25F3N2O4S. The molecule has 2 amide bonds. The number of halogens is 3. The Kier molecular flexibility index (Phi) is 8.75. The predicted octanol–water partition coefficient (Wildman–Crippen LogP) is 6.78. The summed E-state index contributed by atoms with van der Waals surface area (Å²) in [5.74, 6) is -3.51. The second-order valence-corrected chi connectivity index (χ2v) is 10.1. The Morgan fingerprint density at radius 3 is 2.08 bits per heavy atom. The first-order chi connectivity index (χ1) is 18.6. The van der Waals surface area contributed by atoms with Gasteiger partial charge in [0.05, 0.1) is 23.1 Å². The lowest BCUT2D eigenvalue weighted by molar-refractivity contribution is -0.146. The number of thioether (sulfide) groups is 1. The molecule has 1 aliphatic rings. The summed E-state index contributed by atoms with van der Waals surface area (Å²) in [4.78, 5) is 38.2. The minimum atomic E-state index is -4.63. The maximum absolute atomic E-state index is 13.5. The highest BCUT2D eigenvalue weighted by atomic mass is 32.2. The molecule has 0 unspecified atom stereocenters. The van der Waals surface area contributed by atoms with Crippen molar-refractivity contribution in [2.24, 2.45) is 11.8 Å². The van der Waals surface area contributed by atoms with Gasteiger partial charge in [-0.05, 0) is 54.8 Å². The van der Waals surface area contributed by atoms with Crippen molar-refractivity contribution in [3.8, 4) is 0 Å². The molecule has 39 heavy (non-hydrogen) atoms. The average Bonchev–Trinajstić information content (AvgIpc) is 2.92. The van der Waals surface area contributed by atoms with Crippen LogP contribution in [0.25, 0.3) is 0 Å². The van der Waals surface area contributed by atoms with E-state index in [1.807, 2.05) is 0 Å². The number of carboxylic acids is 1. The Balaban J connectivity index is 1.50. The van der Waals surface area contributed by atoms with Crippen LogP contribution in [0.15, 0.2) is 95.9 Å². The van der Waals surface area contributed by atoms with Crippen LogP contribution in [-0.4, -0.2) is 22.9 Å². The molecule has 3 atom stereocenters. The van der Waals surface area contributed by atoms with E-state index in [0.29, 0.717) is 29.0 Å². The van der Waals surface area contributed by atoms with E-state index in [2.05, 4.69) is 10.6 Å². The molecule has 10 heteroatoms. The number of hydrogen-bond donors (Lipinski definition) is 3. The molecule has 0 radical (unpaired) electrons. The van der Waals surface area contributed by atoms with E-state index >= 15 is 0 Å². The zero-order valence-electron chi connectivity index (χ0n) is 20.5. The Bertz CT molecular complexity index is 1360. The van der Waals surface area contributed by atoms with Crippen molar-refractivity contribution in [1.82, 2.24) is 0 Å². The van der Waals surface area contributed by atoms with Gasteiger partial charge in [0.15, 0.2) is 0 Å². The van der Waals surface area contributed by atoms with E-state index in [0.717, 1.165) is 17.8 Å². The van der Waals surface area contributed by atoms with Crippen LogP contribution in [0, 0.1) is 11.8 Å². The summed E-state index contributed by atoms with van der Waals surface area (Å²) < 4.78 is 40.4. The number of amides is 2. The van der Waals surface area contributed by atoms with Gasteiger partial charge >= 0.3 is 12.1 Å². The second kappa shape index (κ2) is 12.2. The number of alkyl halides is 3. The number of rotatable bonds is 8. The van der Waals surface area contributed by atoms with Gasteiger partial charge in [0, 0.05) is 10.6 Å². The van der Waals surface area contributed by atoms with Crippen molar-refractivity contribution in [1.29, 1.82) is 0 Å². The number of aliphatic carboxylic acids is 1. The minimum absolute atomic E-state index is 0.291. The SMILES string of the molecule is O=C(Nc1ccccc1C(F)(F)F)[C@H](Sc1ccc(NC(=O)[C@@H]2CC=CC[C@H]2C(=O)O)cc1)c1ccccc1. The third-order valence-corrected chi connectivity index (χ3v) is 7.56. The first-order valence-corrected chi connectivity index (χ1v) is 13.0. The van der Waals surface area contributed by atoms with Crippen LogP contribution >= 0.6 is 11.8 Å². The highest BCUT2D eigenvalue weighted by molar-refractivity contribution is 8.00. The van der Waals surface area contributed by atoms with Gasteiger partial charge in [0.1, 0.15) is 5.25 Å². The summed E-state index contributed by atoms with van der Waals surface area (Å²) in [6, 6.07) is 20.1. The van der Waals surface area contributed by atoms with Gasteiger partial charge in [-0.15, -0.1) is 11.8 Å². The Morgan fingerprint density at radius 2 is 1.44 bits per heavy atom. The molecule has 0 bridgehead atoms. The number of carbonyl (C=O) groups excluding carboxylic acids is 2. The molecule has 6 nitrogen and oxygen atoms in total. The topological polar surface area (TPSA) is 95.5 Å². The summed E-state index contributed by atoms with van der Waals surface area (Å²) in [5, 5.41) is 13.7. The second-order valence-electron chi connectivity index (χ2n) is 8.95. The van der Waals surface area contributed by atoms with Crippen LogP contribution in [0.3, 0.4) is 0 Å². The largest absolute Gasteiger partial charge is 0.481 e. The molecule has 0 saturated heterocycles. The molecule has 0 saturated carbocycles. The Morgan fingerprint density at radius 1 is 0.821 bits per heavy atom. The molecule has 0 aromatic heterocycles. The first kappa shape index (κ1) is 28.0. The molecule has 0 fully saturated rings. The molecule has 3 N–H and O–H groups in total. The maximum atomic E-state index is 13.5. The zero-order chi connectivity index (χ0) is 28.0. The van der Waals surface area contributed by atoms with Gasteiger partial charge in [-0.1, -0.05) is 54.6 Å². The molecule has 0 heterocycles. The molecule has 0 aliphatic heterocycles. The molecule has 0 spiro atoms. The van der Waals surface area contributed by atoms with Gasteiger partial charge in [0.2, 0.25) is 11.8 Å². The normalized spacial score (nSPS) is 17.7. The van der Waals surface area contributed by atoms with Crippen LogP contribution in [-0.2, 0) is 20.6 Å². The fourth-order valence-corrected chi connectivity index (χ4v) is 5.33. The van der Waals surface area contributed by atoms with Crippen LogP contribution in [0.2, 0.25) is 0 Å². The Hall–Kier alpha value is -4.05. The minimum Gasteiger partial charge on any atom is -0.481 e. The number of benzene rings is 3. The van der Waals surface area contributed by atoms with Gasteiger partial charge in [-0.25, -0.2) is 0 Å². The average molecular weight is 555 g/mol. The highest BCUT2D eigenvalue weighted by Gasteiger charge is 2.35. The molecule has 202 valence electrons. The lowest BCUT2D eigenvalue weighted by Gasteiger charge is -2.24. The van der Waals surface area contributed by atoms with Gasteiger partial charge in [-0.3, -0.25) is 14.4 Å². The van der Waals surface area contributed by atoms with E-state index in [1.54, 1.807) is 66.7 Å². The molecule has 4 rings (SSSR count). The fraction of sp³-hybridized carbons (Fsp3) is 0.207. The van der Waals surface area contributed by atoms with E-state index in [9.17, 15) is 32.7 Å². The zero-order valence-corrected chi connectivity index (χ0v) is 21.3. The Labute approximate surface area is 227 Å². The molecular weight excluding hydrogens is 529 g/mol. The quantitative estimate of drug-likeness (QED) is 0.211. The van der Waals surface area contributed by atoms with Gasteiger partial charge in [-0.2, -0.15) is 13.2 Å². The van der Waals surface area contributed by atoms with E-state index in [1.165, 1.54) is 18.2 Å².